The summed E-state index contributed by atoms with van der Waals surface area (Å²) in [7, 11) is 0. The van der Waals surface area contributed by atoms with Gasteiger partial charge >= 0.3 is 0 Å². The highest BCUT2D eigenvalue weighted by atomic mass is 32.1. The van der Waals surface area contributed by atoms with Gasteiger partial charge in [-0.1, -0.05) is 31.2 Å². The first-order chi connectivity index (χ1) is 20.0. The zero-order valence-corrected chi connectivity index (χ0v) is 25.3. The van der Waals surface area contributed by atoms with Crippen molar-refractivity contribution in [2.75, 3.05) is 44.7 Å². The Hall–Kier alpha value is -3.27. The summed E-state index contributed by atoms with van der Waals surface area (Å²) < 4.78 is 7.93. The van der Waals surface area contributed by atoms with Crippen LogP contribution in [0.4, 0.5) is 5.69 Å². The zero-order chi connectivity index (χ0) is 28.8. The number of aromatic nitrogens is 2. The van der Waals surface area contributed by atoms with Gasteiger partial charge in [-0.15, -0.1) is 0 Å². The highest BCUT2D eigenvalue weighted by molar-refractivity contribution is 7.80. The third-order valence-corrected chi connectivity index (χ3v) is 8.69. The molecule has 2 aliphatic heterocycles. The van der Waals surface area contributed by atoms with E-state index >= 15 is 0 Å². The number of hydrogen-bond acceptors (Lipinski definition) is 5. The van der Waals surface area contributed by atoms with E-state index in [0.29, 0.717) is 18.1 Å². The van der Waals surface area contributed by atoms with Crippen LogP contribution in [0.3, 0.4) is 0 Å². The second-order valence-electron chi connectivity index (χ2n) is 10.9. The summed E-state index contributed by atoms with van der Waals surface area (Å²) in [5.41, 5.74) is 6.67. The van der Waals surface area contributed by atoms with Gasteiger partial charge in [-0.3, -0.25) is 14.7 Å². The maximum atomic E-state index is 13.1. The summed E-state index contributed by atoms with van der Waals surface area (Å²) in [6.07, 6.45) is 4.12. The van der Waals surface area contributed by atoms with Crippen LogP contribution in [0.25, 0.3) is 0 Å². The average molecular weight is 575 g/mol. The minimum atomic E-state index is -0.102. The number of hydrogen-bond donors (Lipinski definition) is 2. The van der Waals surface area contributed by atoms with Crippen molar-refractivity contribution in [3.05, 3.63) is 82.9 Å². The summed E-state index contributed by atoms with van der Waals surface area (Å²) in [6.45, 7) is 12.7. The zero-order valence-electron chi connectivity index (χ0n) is 24.4. The minimum Gasteiger partial charge on any atom is -0.379 e. The number of para-hydroxylation sites is 1. The number of amides is 1. The molecule has 1 aromatic carbocycles. The second kappa shape index (κ2) is 13.6. The van der Waals surface area contributed by atoms with Gasteiger partial charge in [0.15, 0.2) is 5.11 Å². The molecule has 3 aromatic rings. The molecule has 0 aliphatic carbocycles. The van der Waals surface area contributed by atoms with Crippen molar-refractivity contribution in [2.45, 2.75) is 58.7 Å². The second-order valence-corrected chi connectivity index (χ2v) is 11.3. The van der Waals surface area contributed by atoms with E-state index in [1.165, 1.54) is 17.0 Å². The molecule has 2 atom stereocenters. The Morgan fingerprint density at radius 2 is 1.88 bits per heavy atom. The third-order valence-electron chi connectivity index (χ3n) is 8.34. The van der Waals surface area contributed by atoms with Gasteiger partial charge in [0, 0.05) is 62.4 Å². The number of nitrogens with one attached hydrogen (secondary N) is 2. The van der Waals surface area contributed by atoms with Crippen molar-refractivity contribution in [3.63, 3.8) is 0 Å². The molecule has 0 saturated carbocycles. The van der Waals surface area contributed by atoms with Crippen LogP contribution < -0.4 is 10.6 Å². The van der Waals surface area contributed by atoms with Crippen molar-refractivity contribution in [1.82, 2.24) is 24.7 Å². The van der Waals surface area contributed by atoms with Crippen molar-refractivity contribution < 1.29 is 9.53 Å². The molecule has 4 heterocycles. The van der Waals surface area contributed by atoms with Crippen molar-refractivity contribution in [3.8, 4) is 0 Å². The molecule has 2 aromatic heterocycles. The Kier molecular flexibility index (Phi) is 9.69. The van der Waals surface area contributed by atoms with Gasteiger partial charge < -0.3 is 24.8 Å². The number of carbonyl (C=O) groups excluding carboxylic acids is 1. The molecule has 2 saturated heterocycles. The molecule has 9 heteroatoms. The van der Waals surface area contributed by atoms with E-state index in [1.54, 1.807) is 0 Å². The van der Waals surface area contributed by atoms with Gasteiger partial charge in [0.25, 0.3) is 0 Å². The van der Waals surface area contributed by atoms with Crippen LogP contribution in [0.1, 0.15) is 60.1 Å². The SMILES string of the molecule is CCc1ccccc1NC(=O)CCN1C(=S)N[C@H](c2ccccn2)[C@H]1c1cc(C)n(CCCN2CCOCC2)c1C. The van der Waals surface area contributed by atoms with Crippen LogP contribution in [0.15, 0.2) is 54.7 Å². The first kappa shape index (κ1) is 29.2. The fraction of sp³-hybridized carbons (Fsp3) is 0.469. The van der Waals surface area contributed by atoms with Crippen molar-refractivity contribution >= 4 is 28.9 Å². The van der Waals surface area contributed by atoms with Gasteiger partial charge in [0.05, 0.1) is 31.0 Å². The summed E-state index contributed by atoms with van der Waals surface area (Å²) in [4.78, 5) is 22.4. The highest BCUT2D eigenvalue weighted by Crippen LogP contribution is 2.41. The smallest absolute Gasteiger partial charge is 0.226 e. The van der Waals surface area contributed by atoms with Crippen LogP contribution in [-0.2, 0) is 22.5 Å². The molecule has 218 valence electrons. The number of thiocarbonyl (C=S) groups is 1. The van der Waals surface area contributed by atoms with E-state index in [-0.39, 0.29) is 18.0 Å². The van der Waals surface area contributed by atoms with E-state index in [4.69, 9.17) is 17.0 Å². The Bertz CT molecular complexity index is 1340. The fourth-order valence-corrected chi connectivity index (χ4v) is 6.45. The lowest BCUT2D eigenvalue weighted by Gasteiger charge is -2.28. The monoisotopic (exact) mass is 574 g/mol. The molecule has 5 rings (SSSR count). The molecular formula is C32H42N6O2S. The lowest BCUT2D eigenvalue weighted by Crippen LogP contribution is -2.37. The highest BCUT2D eigenvalue weighted by Gasteiger charge is 2.41. The maximum absolute atomic E-state index is 13.1. The first-order valence-corrected chi connectivity index (χ1v) is 15.2. The van der Waals surface area contributed by atoms with Gasteiger partial charge in [-0.05, 0) is 74.3 Å². The predicted molar refractivity (Wildman–Crippen MR) is 167 cm³/mol. The molecule has 41 heavy (non-hydrogen) atoms. The first-order valence-electron chi connectivity index (χ1n) is 14.8. The minimum absolute atomic E-state index is 0.0117. The number of aryl methyl sites for hydroxylation is 2. The molecule has 0 unspecified atom stereocenters. The Balaban J connectivity index is 1.34. The van der Waals surface area contributed by atoms with Crippen LogP contribution in [0, 0.1) is 13.8 Å². The Morgan fingerprint density at radius 1 is 1.10 bits per heavy atom. The molecule has 0 bridgehead atoms. The van der Waals surface area contributed by atoms with E-state index in [9.17, 15) is 4.79 Å². The van der Waals surface area contributed by atoms with Gasteiger partial charge in [-0.2, -0.15) is 0 Å². The standard InChI is InChI=1S/C32H42N6O2S/c1-4-25-10-5-6-11-27(25)34-29(39)13-17-38-31(30(35-32(38)41)28-12-7-8-14-33-28)26-22-23(2)37(24(26)3)16-9-15-36-18-20-40-21-19-36/h5-8,10-12,14,22,30-31H,4,9,13,15-21H2,1-3H3,(H,34,39)(H,35,41)/t30-,31-/m1/s1. The number of ether oxygens (including phenoxy) is 1. The van der Waals surface area contributed by atoms with Gasteiger partial charge in [0.2, 0.25) is 5.91 Å². The number of benzene rings is 1. The molecule has 2 aliphatic rings. The number of pyridine rings is 1. The topological polar surface area (TPSA) is 74.7 Å². The summed E-state index contributed by atoms with van der Waals surface area (Å²) in [5, 5.41) is 7.31. The molecule has 2 fully saturated rings. The normalized spacial score (nSPS) is 19.4. The van der Waals surface area contributed by atoms with E-state index < -0.39 is 0 Å². The number of anilines is 1. The number of rotatable bonds is 11. The van der Waals surface area contributed by atoms with Gasteiger partial charge in [0.1, 0.15) is 0 Å². The van der Waals surface area contributed by atoms with E-state index in [0.717, 1.165) is 69.2 Å². The lowest BCUT2D eigenvalue weighted by molar-refractivity contribution is -0.116. The Morgan fingerprint density at radius 3 is 2.63 bits per heavy atom. The molecule has 0 radical (unpaired) electrons. The summed E-state index contributed by atoms with van der Waals surface area (Å²) in [5.74, 6) is -0.0117. The molecule has 0 spiro atoms. The quantitative estimate of drug-likeness (QED) is 0.319. The number of carbonyl (C=O) groups is 1. The van der Waals surface area contributed by atoms with Crippen LogP contribution >= 0.6 is 12.2 Å². The lowest BCUT2D eigenvalue weighted by atomic mass is 9.96. The van der Waals surface area contributed by atoms with Crippen LogP contribution in [0.2, 0.25) is 0 Å². The average Bonchev–Trinajstić information content (AvgIpc) is 3.47. The molecule has 1 amide bonds. The van der Waals surface area contributed by atoms with E-state index in [1.807, 2.05) is 42.6 Å². The van der Waals surface area contributed by atoms with Crippen molar-refractivity contribution in [1.29, 1.82) is 0 Å². The molecule has 2 N–H and O–H groups in total. The van der Waals surface area contributed by atoms with Crippen LogP contribution in [0.5, 0.6) is 0 Å². The number of nitrogens with zero attached hydrogens (tertiary/aromatic N) is 4. The van der Waals surface area contributed by atoms with Gasteiger partial charge in [-0.25, -0.2) is 0 Å². The van der Waals surface area contributed by atoms with E-state index in [2.05, 4.69) is 62.9 Å². The third kappa shape index (κ3) is 6.80. The fourth-order valence-electron chi connectivity index (χ4n) is 6.12. The molecule has 8 nitrogen and oxygen atoms in total. The van der Waals surface area contributed by atoms with Crippen LogP contribution in [-0.4, -0.2) is 69.8 Å². The largest absolute Gasteiger partial charge is 0.379 e. The maximum Gasteiger partial charge on any atom is 0.226 e. The predicted octanol–water partition coefficient (Wildman–Crippen LogP) is 4.79. The number of morpholine rings is 1. The van der Waals surface area contributed by atoms with Crippen molar-refractivity contribution in [2.24, 2.45) is 0 Å². The summed E-state index contributed by atoms with van der Waals surface area (Å²) >= 11 is 5.87. The summed E-state index contributed by atoms with van der Waals surface area (Å²) in [6, 6.07) is 16.1. The molecular weight excluding hydrogens is 532 g/mol. The Labute approximate surface area is 249 Å².